The van der Waals surface area contributed by atoms with Gasteiger partial charge >= 0.3 is 0 Å². The third kappa shape index (κ3) is 1.26. The molecule has 1 aromatic carbocycles. The van der Waals surface area contributed by atoms with Gasteiger partial charge in [-0.2, -0.15) is 0 Å². The van der Waals surface area contributed by atoms with Crippen molar-refractivity contribution in [1.82, 2.24) is 4.90 Å². The van der Waals surface area contributed by atoms with Crippen LogP contribution in [0, 0.1) is 0 Å². The fourth-order valence-electron chi connectivity index (χ4n) is 2.01. The molecule has 2 heterocycles. The Bertz CT molecular complexity index is 581. The number of nitrogens with zero attached hydrogens (tertiary/aromatic N) is 1. The topological polar surface area (TPSA) is 23.5 Å². The lowest BCUT2D eigenvalue weighted by Crippen LogP contribution is -2.37. The molecule has 0 aromatic heterocycles. The second kappa shape index (κ2) is 3.02. The summed E-state index contributed by atoms with van der Waals surface area (Å²) in [6.45, 7) is 0.868. The predicted molar refractivity (Wildman–Crippen MR) is 60.1 cm³/mol. The summed E-state index contributed by atoms with van der Waals surface area (Å²) in [5.74, 6) is 0.318. The fourth-order valence-corrected chi connectivity index (χ4v) is 2.01. The van der Waals surface area contributed by atoms with Crippen LogP contribution in [0.3, 0.4) is 0 Å². The largest absolute Gasteiger partial charge is 0.508 e. The van der Waals surface area contributed by atoms with E-state index >= 15 is 0 Å². The number of aliphatic hydroxyl groups excluding tert-OH is 1. The Labute approximate surface area is 87.8 Å². The normalized spacial score (nSPS) is 17.7. The molecule has 3 rings (SSSR count). The number of allylic oxidation sites excluding steroid dienone is 1. The molecule has 0 fully saturated rings. The van der Waals surface area contributed by atoms with Crippen LogP contribution in [0.4, 0.5) is 0 Å². The van der Waals surface area contributed by atoms with Crippen molar-refractivity contribution in [3.63, 3.8) is 0 Å². The first-order chi connectivity index (χ1) is 7.34. The van der Waals surface area contributed by atoms with E-state index in [0.717, 1.165) is 12.2 Å². The molecule has 0 saturated carbocycles. The maximum absolute atomic E-state index is 9.49. The summed E-state index contributed by atoms with van der Waals surface area (Å²) in [6.07, 6.45) is 7.63. The number of hydrogen-bond acceptors (Lipinski definition) is 2. The number of aliphatic hydroxyl groups is 1. The molecule has 0 unspecified atom stereocenters. The zero-order valence-corrected chi connectivity index (χ0v) is 8.22. The van der Waals surface area contributed by atoms with Crippen LogP contribution in [0.25, 0.3) is 11.8 Å². The van der Waals surface area contributed by atoms with E-state index in [0.29, 0.717) is 5.76 Å². The lowest BCUT2D eigenvalue weighted by atomic mass is 10.1. The average molecular weight is 197 g/mol. The summed E-state index contributed by atoms with van der Waals surface area (Å²) in [4.78, 5) is 2.13. The third-order valence-electron chi connectivity index (χ3n) is 2.76. The maximum Gasteiger partial charge on any atom is 0.119 e. The van der Waals surface area contributed by atoms with E-state index in [-0.39, 0.29) is 0 Å². The minimum Gasteiger partial charge on any atom is -0.508 e. The first-order valence-corrected chi connectivity index (χ1v) is 5.00. The molecule has 2 nitrogen and oxygen atoms in total. The quantitative estimate of drug-likeness (QED) is 0.667. The van der Waals surface area contributed by atoms with Gasteiger partial charge in [0.1, 0.15) is 5.76 Å². The van der Waals surface area contributed by atoms with Crippen LogP contribution < -0.4 is 10.4 Å². The number of benzene rings is 1. The molecule has 2 aliphatic heterocycles. The molecule has 1 N–H and O–H groups in total. The minimum absolute atomic E-state index is 0.318. The molecule has 0 amide bonds. The Morgan fingerprint density at radius 2 is 2.07 bits per heavy atom. The van der Waals surface area contributed by atoms with Crippen molar-refractivity contribution in [2.75, 3.05) is 6.54 Å². The van der Waals surface area contributed by atoms with E-state index in [2.05, 4.69) is 23.1 Å². The molecular formula is C13H11NO. The maximum atomic E-state index is 9.49. The van der Waals surface area contributed by atoms with E-state index in [1.165, 1.54) is 10.4 Å². The highest BCUT2D eigenvalue weighted by Gasteiger charge is 2.12. The van der Waals surface area contributed by atoms with Gasteiger partial charge in [0.2, 0.25) is 0 Å². The first kappa shape index (κ1) is 8.36. The molecule has 0 spiro atoms. The van der Waals surface area contributed by atoms with E-state index in [4.69, 9.17) is 0 Å². The Morgan fingerprint density at radius 1 is 1.20 bits per heavy atom. The van der Waals surface area contributed by atoms with Gasteiger partial charge in [-0.15, -0.1) is 0 Å². The first-order valence-electron chi connectivity index (χ1n) is 5.00. The van der Waals surface area contributed by atoms with Gasteiger partial charge in [-0.1, -0.05) is 30.3 Å². The van der Waals surface area contributed by atoms with Gasteiger partial charge in [0.05, 0.1) is 5.70 Å². The lowest BCUT2D eigenvalue weighted by Gasteiger charge is -2.25. The van der Waals surface area contributed by atoms with Gasteiger partial charge in [-0.3, -0.25) is 0 Å². The molecule has 0 atom stereocenters. The van der Waals surface area contributed by atoms with Crippen molar-refractivity contribution in [2.24, 2.45) is 0 Å². The molecule has 1 aromatic rings. The molecule has 0 bridgehead atoms. The Hall–Kier alpha value is -1.96. The molecule has 0 radical (unpaired) electrons. The lowest BCUT2D eigenvalue weighted by molar-refractivity contribution is 0.423. The highest BCUT2D eigenvalue weighted by atomic mass is 16.3. The molecule has 0 saturated heterocycles. The third-order valence-corrected chi connectivity index (χ3v) is 2.76. The van der Waals surface area contributed by atoms with Crippen molar-refractivity contribution < 1.29 is 5.11 Å². The average Bonchev–Trinajstić information content (AvgIpc) is 2.29. The van der Waals surface area contributed by atoms with E-state index in [1.807, 2.05) is 24.4 Å². The molecule has 2 aliphatic rings. The van der Waals surface area contributed by atoms with Crippen LogP contribution in [0.1, 0.15) is 0 Å². The van der Waals surface area contributed by atoms with Crippen LogP contribution in [0.5, 0.6) is 0 Å². The van der Waals surface area contributed by atoms with E-state index in [1.54, 1.807) is 6.08 Å². The standard InChI is InChI=1S/C13H11NO/c15-11-6-8-14-7-5-10-3-1-2-4-12(10)13(14)9-11/h1-6,8-9,15H,7H2. The van der Waals surface area contributed by atoms with Crippen molar-refractivity contribution in [2.45, 2.75) is 0 Å². The van der Waals surface area contributed by atoms with Gasteiger partial charge in [-0.05, 0) is 11.3 Å². The minimum atomic E-state index is 0.318. The summed E-state index contributed by atoms with van der Waals surface area (Å²) < 4.78 is 0. The van der Waals surface area contributed by atoms with Gasteiger partial charge in [-0.25, -0.2) is 0 Å². The van der Waals surface area contributed by atoms with Crippen LogP contribution in [-0.4, -0.2) is 16.6 Å². The molecule has 0 aliphatic carbocycles. The van der Waals surface area contributed by atoms with Gasteiger partial charge in [0, 0.05) is 24.0 Å². The van der Waals surface area contributed by atoms with Crippen molar-refractivity contribution in [3.05, 3.63) is 58.8 Å². The SMILES string of the molecule is OC1=CC2=c3ccccc3=CCN2C=C1. The molecular weight excluding hydrogens is 186 g/mol. The van der Waals surface area contributed by atoms with E-state index < -0.39 is 0 Å². The van der Waals surface area contributed by atoms with Crippen molar-refractivity contribution in [3.8, 4) is 0 Å². The van der Waals surface area contributed by atoms with Crippen LogP contribution >= 0.6 is 0 Å². The predicted octanol–water partition coefficient (Wildman–Crippen LogP) is 0.860. The molecule has 15 heavy (non-hydrogen) atoms. The van der Waals surface area contributed by atoms with Crippen LogP contribution in [-0.2, 0) is 0 Å². The highest BCUT2D eigenvalue weighted by Crippen LogP contribution is 2.16. The number of fused-ring (bicyclic) bond motifs is 2. The number of rotatable bonds is 0. The second-order valence-electron chi connectivity index (χ2n) is 3.71. The Kier molecular flexibility index (Phi) is 1.68. The monoisotopic (exact) mass is 197 g/mol. The van der Waals surface area contributed by atoms with Gasteiger partial charge < -0.3 is 10.0 Å². The van der Waals surface area contributed by atoms with Crippen molar-refractivity contribution >= 4 is 11.8 Å². The summed E-state index contributed by atoms with van der Waals surface area (Å²) >= 11 is 0. The van der Waals surface area contributed by atoms with Crippen LogP contribution in [0.15, 0.2) is 48.4 Å². The van der Waals surface area contributed by atoms with Gasteiger partial charge in [0.25, 0.3) is 0 Å². The smallest absolute Gasteiger partial charge is 0.119 e. The molecule has 74 valence electrons. The fraction of sp³-hybridized carbons (Fsp3) is 0.0769. The second-order valence-corrected chi connectivity index (χ2v) is 3.71. The number of hydrogen-bond donors (Lipinski definition) is 1. The zero-order chi connectivity index (χ0) is 10.3. The summed E-state index contributed by atoms with van der Waals surface area (Å²) in [5.41, 5.74) is 1.08. The van der Waals surface area contributed by atoms with E-state index in [9.17, 15) is 5.11 Å². The molecule has 2 heteroatoms. The Morgan fingerprint density at radius 3 is 3.00 bits per heavy atom. The van der Waals surface area contributed by atoms with Crippen LogP contribution in [0.2, 0.25) is 0 Å². The zero-order valence-electron chi connectivity index (χ0n) is 8.22. The Balaban J connectivity index is 2.38. The van der Waals surface area contributed by atoms with Crippen molar-refractivity contribution in [1.29, 1.82) is 0 Å². The summed E-state index contributed by atoms with van der Waals surface area (Å²) in [5, 5.41) is 11.9. The summed E-state index contributed by atoms with van der Waals surface area (Å²) in [6, 6.07) is 8.24. The summed E-state index contributed by atoms with van der Waals surface area (Å²) in [7, 11) is 0. The van der Waals surface area contributed by atoms with Gasteiger partial charge in [0.15, 0.2) is 0 Å². The highest BCUT2D eigenvalue weighted by molar-refractivity contribution is 5.63.